The second-order valence-electron chi connectivity index (χ2n) is 3.05. The van der Waals surface area contributed by atoms with Gasteiger partial charge in [0.05, 0.1) is 12.0 Å². The minimum Gasteiger partial charge on any atom is -0.330 e. The zero-order valence-electron chi connectivity index (χ0n) is 7.75. The van der Waals surface area contributed by atoms with E-state index in [4.69, 9.17) is 19.5 Å². The Morgan fingerprint density at radius 1 is 1.42 bits per heavy atom. The average molecular weight is 171 g/mol. The van der Waals surface area contributed by atoms with E-state index < -0.39 is 11.6 Å². The van der Waals surface area contributed by atoms with Gasteiger partial charge in [0.1, 0.15) is 0 Å². The monoisotopic (exact) mass is 171 g/mol. The molecule has 0 radical (unpaired) electrons. The van der Waals surface area contributed by atoms with Gasteiger partial charge < -0.3 is 14.2 Å². The lowest BCUT2D eigenvalue weighted by atomic mass is 9.83. The Kier molecular flexibility index (Phi) is 2.13. The van der Waals surface area contributed by atoms with Gasteiger partial charge in [-0.15, -0.1) is 0 Å². The highest BCUT2D eigenvalue weighted by atomic mass is 16.9. The van der Waals surface area contributed by atoms with Crippen LogP contribution in [0.15, 0.2) is 0 Å². The number of methoxy groups -OCH3 is 2. The third-order valence-corrected chi connectivity index (χ3v) is 2.50. The summed E-state index contributed by atoms with van der Waals surface area (Å²) in [6, 6.07) is 2.07. The molecule has 2 unspecified atom stereocenters. The summed E-state index contributed by atoms with van der Waals surface area (Å²) in [7, 11) is 2.99. The molecule has 0 spiro atoms. The SMILES string of the molecule is COC1(OC)OC(C)(C#N)C1C. The molecule has 1 saturated heterocycles. The molecule has 0 bridgehead atoms. The lowest BCUT2D eigenvalue weighted by molar-refractivity contribution is -0.493. The Balaban J connectivity index is 2.76. The highest BCUT2D eigenvalue weighted by molar-refractivity contribution is 5.11. The van der Waals surface area contributed by atoms with E-state index in [0.29, 0.717) is 0 Å². The summed E-state index contributed by atoms with van der Waals surface area (Å²) in [5.74, 6) is -1.12. The predicted molar refractivity (Wildman–Crippen MR) is 41.0 cm³/mol. The Bertz CT molecular complexity index is 219. The van der Waals surface area contributed by atoms with Crippen LogP contribution < -0.4 is 0 Å². The molecule has 0 aromatic rings. The molecular formula is C8H13NO3. The molecule has 2 atom stereocenters. The van der Waals surface area contributed by atoms with E-state index >= 15 is 0 Å². The van der Waals surface area contributed by atoms with Crippen molar-refractivity contribution in [2.75, 3.05) is 14.2 Å². The fourth-order valence-electron chi connectivity index (χ4n) is 1.39. The number of nitrogens with zero attached hydrogens (tertiary/aromatic N) is 1. The van der Waals surface area contributed by atoms with E-state index in [1.54, 1.807) is 6.92 Å². The minimum atomic E-state index is -1.02. The van der Waals surface area contributed by atoms with Gasteiger partial charge in [0.25, 0.3) is 5.97 Å². The van der Waals surface area contributed by atoms with Crippen molar-refractivity contribution in [2.45, 2.75) is 25.4 Å². The van der Waals surface area contributed by atoms with Gasteiger partial charge in [-0.2, -0.15) is 5.26 Å². The molecule has 0 aromatic heterocycles. The van der Waals surface area contributed by atoms with Crippen LogP contribution >= 0.6 is 0 Å². The van der Waals surface area contributed by atoms with Crippen molar-refractivity contribution in [3.8, 4) is 6.07 Å². The second kappa shape index (κ2) is 2.70. The van der Waals surface area contributed by atoms with E-state index in [-0.39, 0.29) is 5.92 Å². The first-order chi connectivity index (χ1) is 5.54. The van der Waals surface area contributed by atoms with Gasteiger partial charge in [0.15, 0.2) is 5.60 Å². The molecule has 0 aromatic carbocycles. The molecule has 1 fully saturated rings. The number of nitriles is 1. The molecule has 1 heterocycles. The lowest BCUT2D eigenvalue weighted by Gasteiger charge is -2.53. The molecule has 1 rings (SSSR count). The van der Waals surface area contributed by atoms with Gasteiger partial charge in [0.2, 0.25) is 0 Å². The van der Waals surface area contributed by atoms with Crippen LogP contribution in [-0.4, -0.2) is 25.8 Å². The van der Waals surface area contributed by atoms with Crippen LogP contribution in [0.4, 0.5) is 0 Å². The average Bonchev–Trinajstić information content (AvgIpc) is 2.12. The van der Waals surface area contributed by atoms with Gasteiger partial charge in [-0.25, -0.2) is 0 Å². The van der Waals surface area contributed by atoms with Crippen molar-refractivity contribution >= 4 is 0 Å². The molecule has 1 aliphatic heterocycles. The maximum atomic E-state index is 8.75. The fourth-order valence-corrected chi connectivity index (χ4v) is 1.39. The first-order valence-electron chi connectivity index (χ1n) is 3.76. The summed E-state index contributed by atoms with van der Waals surface area (Å²) >= 11 is 0. The molecule has 0 amide bonds. The first-order valence-corrected chi connectivity index (χ1v) is 3.76. The molecule has 0 aliphatic carbocycles. The quantitative estimate of drug-likeness (QED) is 0.579. The first kappa shape index (κ1) is 9.46. The number of rotatable bonds is 2. The van der Waals surface area contributed by atoms with Crippen molar-refractivity contribution in [2.24, 2.45) is 5.92 Å². The van der Waals surface area contributed by atoms with Crippen molar-refractivity contribution in [1.29, 1.82) is 5.26 Å². The summed E-state index contributed by atoms with van der Waals surface area (Å²) in [6.07, 6.45) is 0. The zero-order chi connectivity index (χ0) is 9.41. The van der Waals surface area contributed by atoms with Crippen LogP contribution in [0.2, 0.25) is 0 Å². The second-order valence-corrected chi connectivity index (χ2v) is 3.05. The summed E-state index contributed by atoms with van der Waals surface area (Å²) in [4.78, 5) is 0. The Hall–Kier alpha value is -0.630. The molecule has 0 N–H and O–H groups in total. The van der Waals surface area contributed by atoms with Crippen molar-refractivity contribution in [3.63, 3.8) is 0 Å². The van der Waals surface area contributed by atoms with Gasteiger partial charge in [-0.1, -0.05) is 6.92 Å². The van der Waals surface area contributed by atoms with Gasteiger partial charge in [0, 0.05) is 14.2 Å². The largest absolute Gasteiger partial charge is 0.330 e. The molecule has 1 aliphatic rings. The normalized spacial score (nSPS) is 38.4. The fraction of sp³-hybridized carbons (Fsp3) is 0.875. The van der Waals surface area contributed by atoms with Crippen LogP contribution in [0, 0.1) is 17.2 Å². The molecule has 4 heteroatoms. The third kappa shape index (κ3) is 0.944. The molecule has 4 nitrogen and oxygen atoms in total. The molecule has 12 heavy (non-hydrogen) atoms. The molecule has 68 valence electrons. The lowest BCUT2D eigenvalue weighted by Crippen LogP contribution is -2.67. The smallest absolute Gasteiger partial charge is 0.290 e. The van der Waals surface area contributed by atoms with Crippen LogP contribution in [0.25, 0.3) is 0 Å². The summed E-state index contributed by atoms with van der Waals surface area (Å²) in [5.41, 5.74) is -0.786. The maximum absolute atomic E-state index is 8.75. The topological polar surface area (TPSA) is 51.5 Å². The molecule has 0 saturated carbocycles. The van der Waals surface area contributed by atoms with Crippen LogP contribution in [0.5, 0.6) is 0 Å². The van der Waals surface area contributed by atoms with Crippen LogP contribution in [0.3, 0.4) is 0 Å². The third-order valence-electron chi connectivity index (χ3n) is 2.50. The summed E-state index contributed by atoms with van der Waals surface area (Å²) in [5, 5.41) is 8.75. The van der Waals surface area contributed by atoms with Crippen molar-refractivity contribution in [1.82, 2.24) is 0 Å². The Labute approximate surface area is 72.0 Å². The van der Waals surface area contributed by atoms with Gasteiger partial charge in [-0.3, -0.25) is 0 Å². The highest BCUT2D eigenvalue weighted by Crippen LogP contribution is 2.47. The zero-order valence-corrected chi connectivity index (χ0v) is 7.75. The molecular weight excluding hydrogens is 158 g/mol. The van der Waals surface area contributed by atoms with E-state index in [9.17, 15) is 0 Å². The number of hydrogen-bond donors (Lipinski definition) is 0. The standard InChI is InChI=1S/C8H13NO3/c1-6-7(2,5-9)12-8(6,10-3)11-4/h6H,1-4H3. The van der Waals surface area contributed by atoms with E-state index in [1.807, 2.05) is 6.92 Å². The Morgan fingerprint density at radius 3 is 2.17 bits per heavy atom. The summed E-state index contributed by atoms with van der Waals surface area (Å²) < 4.78 is 15.3. The van der Waals surface area contributed by atoms with Gasteiger partial charge >= 0.3 is 0 Å². The minimum absolute atomic E-state index is 0.0926. The number of hydrogen-bond acceptors (Lipinski definition) is 4. The highest BCUT2D eigenvalue weighted by Gasteiger charge is 2.63. The predicted octanol–water partition coefficient (Wildman–Crippen LogP) is 0.882. The number of ether oxygens (including phenoxy) is 3. The Morgan fingerprint density at radius 2 is 1.92 bits per heavy atom. The van der Waals surface area contributed by atoms with Crippen LogP contribution in [0.1, 0.15) is 13.8 Å². The van der Waals surface area contributed by atoms with E-state index in [2.05, 4.69) is 6.07 Å². The van der Waals surface area contributed by atoms with Crippen molar-refractivity contribution < 1.29 is 14.2 Å². The van der Waals surface area contributed by atoms with E-state index in [0.717, 1.165) is 0 Å². The van der Waals surface area contributed by atoms with Crippen LogP contribution in [-0.2, 0) is 14.2 Å². The van der Waals surface area contributed by atoms with Gasteiger partial charge in [-0.05, 0) is 6.92 Å². The van der Waals surface area contributed by atoms with E-state index in [1.165, 1.54) is 14.2 Å². The van der Waals surface area contributed by atoms with Crippen molar-refractivity contribution in [3.05, 3.63) is 0 Å². The maximum Gasteiger partial charge on any atom is 0.290 e. The summed E-state index contributed by atoms with van der Waals surface area (Å²) in [6.45, 7) is 3.58.